The number of pyridine rings is 1. The summed E-state index contributed by atoms with van der Waals surface area (Å²) in [5.41, 5.74) is 2.14. The van der Waals surface area contributed by atoms with Crippen LogP contribution in [0.4, 0.5) is 8.78 Å². The van der Waals surface area contributed by atoms with Crippen LogP contribution in [0.5, 0.6) is 17.4 Å². The molecule has 1 fully saturated rings. The van der Waals surface area contributed by atoms with Crippen LogP contribution in [0.1, 0.15) is 36.0 Å². The van der Waals surface area contributed by atoms with Gasteiger partial charge in [0.1, 0.15) is 11.5 Å². The van der Waals surface area contributed by atoms with E-state index in [1.807, 2.05) is 30.3 Å². The molecule has 2 N–H and O–H groups in total. The van der Waals surface area contributed by atoms with Crippen molar-refractivity contribution < 1.29 is 23.4 Å². The average Bonchev–Trinajstić information content (AvgIpc) is 3.03. The second kappa shape index (κ2) is 9.76. The van der Waals surface area contributed by atoms with Crippen molar-refractivity contribution in [3.63, 3.8) is 0 Å². The molecule has 182 valence electrons. The summed E-state index contributed by atoms with van der Waals surface area (Å²) in [6.07, 6.45) is 6.27. The van der Waals surface area contributed by atoms with Crippen molar-refractivity contribution in [2.45, 2.75) is 31.3 Å². The predicted molar refractivity (Wildman–Crippen MR) is 129 cm³/mol. The number of benzene rings is 2. The van der Waals surface area contributed by atoms with Crippen molar-refractivity contribution in [1.29, 1.82) is 0 Å². The molecule has 5 rings (SSSR count). The highest BCUT2D eigenvalue weighted by Crippen LogP contribution is 2.42. The maximum Gasteiger partial charge on any atom is 0.226 e. The molecule has 1 aromatic heterocycles. The summed E-state index contributed by atoms with van der Waals surface area (Å²) in [4.78, 5) is 4.44. The number of piperidine rings is 1. The van der Waals surface area contributed by atoms with E-state index in [1.165, 1.54) is 6.07 Å². The first-order valence-electron chi connectivity index (χ1n) is 11.9. The van der Waals surface area contributed by atoms with Crippen LogP contribution in [0.15, 0.2) is 60.8 Å². The van der Waals surface area contributed by atoms with Gasteiger partial charge in [-0.15, -0.1) is 0 Å². The zero-order valence-corrected chi connectivity index (χ0v) is 19.6. The van der Waals surface area contributed by atoms with Gasteiger partial charge >= 0.3 is 0 Å². The van der Waals surface area contributed by atoms with E-state index in [0.717, 1.165) is 40.3 Å². The van der Waals surface area contributed by atoms with Gasteiger partial charge in [-0.2, -0.15) is 0 Å². The molecule has 35 heavy (non-hydrogen) atoms. The minimum absolute atomic E-state index is 0.157. The van der Waals surface area contributed by atoms with Gasteiger partial charge in [-0.3, -0.25) is 0 Å². The Kier molecular flexibility index (Phi) is 6.54. The minimum atomic E-state index is -1.22. The summed E-state index contributed by atoms with van der Waals surface area (Å²) in [6.45, 7) is 1.20. The van der Waals surface area contributed by atoms with E-state index in [2.05, 4.69) is 16.4 Å². The van der Waals surface area contributed by atoms with E-state index in [1.54, 1.807) is 13.3 Å². The lowest BCUT2D eigenvalue weighted by atomic mass is 9.74. The molecule has 0 saturated carbocycles. The molecule has 0 amide bonds. The van der Waals surface area contributed by atoms with E-state index in [0.29, 0.717) is 50.2 Å². The highest BCUT2D eigenvalue weighted by atomic mass is 19.2. The highest BCUT2D eigenvalue weighted by molar-refractivity contribution is 5.74. The van der Waals surface area contributed by atoms with E-state index >= 15 is 0 Å². The number of rotatable bonds is 5. The number of halogens is 2. The van der Waals surface area contributed by atoms with Crippen molar-refractivity contribution in [2.24, 2.45) is 5.92 Å². The Hall–Kier alpha value is -3.29. The summed E-state index contributed by atoms with van der Waals surface area (Å²) < 4.78 is 39.2. The van der Waals surface area contributed by atoms with Crippen LogP contribution in [0.3, 0.4) is 0 Å². The Morgan fingerprint density at radius 3 is 2.91 bits per heavy atom. The SMILES string of the molecule is COc1cccc2c1CC(=CCCC1CNCCC1(O)c1ccc(F)c(F)c1)c1cccnc1O2. The maximum atomic E-state index is 13.9. The van der Waals surface area contributed by atoms with Gasteiger partial charge in [0.05, 0.1) is 12.7 Å². The fourth-order valence-electron chi connectivity index (χ4n) is 5.17. The number of allylic oxidation sites excluding steroid dienone is 2. The highest BCUT2D eigenvalue weighted by Gasteiger charge is 2.40. The summed E-state index contributed by atoms with van der Waals surface area (Å²) in [7, 11) is 1.64. The molecule has 2 atom stereocenters. The fourth-order valence-corrected chi connectivity index (χ4v) is 5.17. The number of methoxy groups -OCH3 is 1. The number of nitrogens with one attached hydrogen (secondary N) is 1. The van der Waals surface area contributed by atoms with Crippen LogP contribution in [0, 0.1) is 17.6 Å². The number of aliphatic hydroxyl groups is 1. The standard InChI is InChI=1S/C28H28F2N2O3/c1-34-25-8-3-9-26-22(25)15-18(21-7-4-13-32-27(21)35-26)5-2-6-20-17-31-14-12-28(20,33)19-10-11-23(29)24(30)16-19/h3-5,7-11,13,16,20,31,33H,2,6,12,14-15,17H2,1H3. The smallest absolute Gasteiger partial charge is 0.226 e. The van der Waals surface area contributed by atoms with Gasteiger partial charge in [0.2, 0.25) is 5.88 Å². The monoisotopic (exact) mass is 478 g/mol. The molecule has 0 spiro atoms. The Bertz CT molecular complexity index is 1260. The minimum Gasteiger partial charge on any atom is -0.496 e. The second-order valence-corrected chi connectivity index (χ2v) is 9.08. The second-order valence-electron chi connectivity index (χ2n) is 9.08. The zero-order valence-electron chi connectivity index (χ0n) is 19.6. The van der Waals surface area contributed by atoms with Crippen LogP contribution in [0.25, 0.3) is 5.57 Å². The van der Waals surface area contributed by atoms with Crippen LogP contribution in [0.2, 0.25) is 0 Å². The summed E-state index contributed by atoms with van der Waals surface area (Å²) in [6, 6.07) is 13.3. The first kappa shape index (κ1) is 23.5. The number of nitrogens with zero attached hydrogens (tertiary/aromatic N) is 1. The van der Waals surface area contributed by atoms with Crippen molar-refractivity contribution in [2.75, 3.05) is 20.2 Å². The van der Waals surface area contributed by atoms with Crippen LogP contribution < -0.4 is 14.8 Å². The lowest BCUT2D eigenvalue weighted by Gasteiger charge is -2.41. The van der Waals surface area contributed by atoms with E-state index in [4.69, 9.17) is 9.47 Å². The number of hydrogen-bond acceptors (Lipinski definition) is 5. The molecule has 2 unspecified atom stereocenters. The predicted octanol–water partition coefficient (Wildman–Crippen LogP) is 5.38. The van der Waals surface area contributed by atoms with Crippen molar-refractivity contribution in [1.82, 2.24) is 10.3 Å². The van der Waals surface area contributed by atoms with Gasteiger partial charge < -0.3 is 19.9 Å². The Morgan fingerprint density at radius 2 is 2.09 bits per heavy atom. The van der Waals surface area contributed by atoms with Crippen molar-refractivity contribution in [3.05, 3.63) is 89.1 Å². The van der Waals surface area contributed by atoms with E-state index in [-0.39, 0.29) is 5.92 Å². The molecule has 3 aromatic rings. The number of hydrogen-bond donors (Lipinski definition) is 2. The molecule has 2 aliphatic heterocycles. The van der Waals surface area contributed by atoms with Gasteiger partial charge in [0.25, 0.3) is 0 Å². The third-order valence-electron chi connectivity index (χ3n) is 7.08. The molecule has 0 bridgehead atoms. The number of fused-ring (bicyclic) bond motifs is 2. The first-order valence-corrected chi connectivity index (χ1v) is 11.9. The molecule has 3 heterocycles. The topological polar surface area (TPSA) is 63.6 Å². The molecule has 7 heteroatoms. The molecular weight excluding hydrogens is 450 g/mol. The normalized spacial score (nSPS) is 22.6. The third-order valence-corrected chi connectivity index (χ3v) is 7.08. The van der Waals surface area contributed by atoms with Gasteiger partial charge in [-0.25, -0.2) is 13.8 Å². The molecule has 0 aliphatic carbocycles. The largest absolute Gasteiger partial charge is 0.496 e. The molecule has 2 aliphatic rings. The fraction of sp³-hybridized carbons (Fsp3) is 0.321. The summed E-state index contributed by atoms with van der Waals surface area (Å²) in [5.74, 6) is 0.0116. The molecule has 1 saturated heterocycles. The van der Waals surface area contributed by atoms with Gasteiger partial charge in [0.15, 0.2) is 11.6 Å². The first-order chi connectivity index (χ1) is 17.0. The van der Waals surface area contributed by atoms with E-state index < -0.39 is 17.2 Å². The quantitative estimate of drug-likeness (QED) is 0.516. The number of aromatic nitrogens is 1. The van der Waals surface area contributed by atoms with Gasteiger partial charge in [0, 0.05) is 36.2 Å². The third kappa shape index (κ3) is 4.54. The van der Waals surface area contributed by atoms with Crippen molar-refractivity contribution >= 4 is 5.57 Å². The average molecular weight is 479 g/mol. The Labute approximate surface area is 203 Å². The molecular formula is C28H28F2N2O3. The maximum absolute atomic E-state index is 13.9. The summed E-state index contributed by atoms with van der Waals surface area (Å²) in [5, 5.41) is 14.9. The van der Waals surface area contributed by atoms with E-state index in [9.17, 15) is 13.9 Å². The molecule has 0 radical (unpaired) electrons. The van der Waals surface area contributed by atoms with Gasteiger partial charge in [-0.05, 0) is 73.3 Å². The Morgan fingerprint density at radius 1 is 1.20 bits per heavy atom. The van der Waals surface area contributed by atoms with Gasteiger partial charge in [-0.1, -0.05) is 18.2 Å². The van der Waals surface area contributed by atoms with Crippen LogP contribution in [-0.4, -0.2) is 30.3 Å². The molecule has 5 nitrogen and oxygen atoms in total. The lowest BCUT2D eigenvalue weighted by Crippen LogP contribution is -2.48. The number of ether oxygens (including phenoxy) is 2. The lowest BCUT2D eigenvalue weighted by molar-refractivity contribution is -0.0495. The summed E-state index contributed by atoms with van der Waals surface area (Å²) >= 11 is 0. The van der Waals surface area contributed by atoms with Crippen LogP contribution in [-0.2, 0) is 12.0 Å². The molecule has 2 aromatic carbocycles. The zero-order chi connectivity index (χ0) is 24.4. The Balaban J connectivity index is 1.42. The van der Waals surface area contributed by atoms with Crippen molar-refractivity contribution in [3.8, 4) is 17.4 Å². The van der Waals surface area contributed by atoms with Crippen LogP contribution >= 0.6 is 0 Å².